The van der Waals surface area contributed by atoms with E-state index in [1.165, 1.54) is 0 Å². The van der Waals surface area contributed by atoms with Crippen molar-refractivity contribution in [1.29, 1.82) is 0 Å². The number of hydrogen-bond acceptors (Lipinski definition) is 3. The summed E-state index contributed by atoms with van der Waals surface area (Å²) in [5.74, 6) is 0. The van der Waals surface area contributed by atoms with E-state index in [9.17, 15) is 8.42 Å². The lowest BCUT2D eigenvalue weighted by Gasteiger charge is -2.21. The first-order valence-electron chi connectivity index (χ1n) is 5.47. The average molecular weight is 285 g/mol. The summed E-state index contributed by atoms with van der Waals surface area (Å²) in [7, 11) is -3.30. The van der Waals surface area contributed by atoms with Crippen LogP contribution in [0.1, 0.15) is 18.4 Å². The smallest absolute Gasteiger partial charge is 0.229 e. The van der Waals surface area contributed by atoms with E-state index in [0.717, 1.165) is 24.7 Å². The molecule has 0 radical (unpaired) electrons. The van der Waals surface area contributed by atoms with Crippen LogP contribution < -0.4 is 15.8 Å². The summed E-state index contributed by atoms with van der Waals surface area (Å²) in [6.07, 6.45) is 2.89. The van der Waals surface area contributed by atoms with Crippen LogP contribution in [0.25, 0.3) is 0 Å². The Balaban J connectivity index is 2.37. The van der Waals surface area contributed by atoms with Gasteiger partial charge in [0.15, 0.2) is 5.11 Å². The largest absolute Gasteiger partial charge is 0.376 e. The molecule has 0 aromatic heterocycles. The van der Waals surface area contributed by atoms with Gasteiger partial charge in [0.1, 0.15) is 0 Å². The predicted molar refractivity (Wildman–Crippen MR) is 75.7 cm³/mol. The van der Waals surface area contributed by atoms with Crippen LogP contribution >= 0.6 is 12.2 Å². The Hall–Kier alpha value is -1.34. The number of sulfonamides is 1. The molecule has 1 fully saturated rings. The van der Waals surface area contributed by atoms with Crippen LogP contribution in [0.5, 0.6) is 0 Å². The third-order valence-corrected chi connectivity index (χ3v) is 3.54. The van der Waals surface area contributed by atoms with E-state index in [4.69, 9.17) is 18.0 Å². The molecule has 1 aromatic carbocycles. The van der Waals surface area contributed by atoms with E-state index in [-0.39, 0.29) is 10.7 Å². The molecule has 7 heteroatoms. The zero-order valence-electron chi connectivity index (χ0n) is 9.93. The van der Waals surface area contributed by atoms with E-state index >= 15 is 0 Å². The number of nitrogens with two attached hydrogens (primary N) is 1. The van der Waals surface area contributed by atoms with Gasteiger partial charge in [0.05, 0.1) is 17.5 Å². The first-order chi connectivity index (χ1) is 8.32. The fraction of sp³-hybridized carbons (Fsp3) is 0.364. The Bertz CT molecular complexity index is 580. The van der Waals surface area contributed by atoms with Crippen LogP contribution in [-0.2, 0) is 15.6 Å². The number of hydrogen-bond donors (Lipinski definition) is 3. The van der Waals surface area contributed by atoms with Gasteiger partial charge in [-0.2, -0.15) is 0 Å². The minimum atomic E-state index is -3.30. The van der Waals surface area contributed by atoms with Crippen LogP contribution in [0.15, 0.2) is 24.3 Å². The van der Waals surface area contributed by atoms with Crippen molar-refractivity contribution >= 4 is 33.0 Å². The second kappa shape index (κ2) is 4.40. The lowest BCUT2D eigenvalue weighted by atomic mass is 10.0. The fourth-order valence-corrected chi connectivity index (χ4v) is 2.78. The van der Waals surface area contributed by atoms with E-state index in [1.807, 2.05) is 12.1 Å². The number of benzene rings is 1. The second-order valence-corrected chi connectivity index (χ2v) is 6.68. The molecule has 0 heterocycles. The zero-order chi connectivity index (χ0) is 13.4. The molecule has 0 spiro atoms. The first-order valence-corrected chi connectivity index (χ1v) is 7.77. The van der Waals surface area contributed by atoms with Gasteiger partial charge in [-0.1, -0.05) is 18.2 Å². The number of anilines is 1. The normalized spacial score (nSPS) is 16.9. The Kier molecular flexibility index (Phi) is 3.20. The van der Waals surface area contributed by atoms with Gasteiger partial charge >= 0.3 is 0 Å². The highest BCUT2D eigenvalue weighted by Crippen LogP contribution is 2.48. The van der Waals surface area contributed by atoms with E-state index in [1.54, 1.807) is 12.1 Å². The van der Waals surface area contributed by atoms with Crippen LogP contribution in [0.2, 0.25) is 0 Å². The maximum Gasteiger partial charge on any atom is 0.229 e. The minimum absolute atomic E-state index is 0.224. The monoisotopic (exact) mass is 285 g/mol. The highest BCUT2D eigenvalue weighted by Gasteiger charge is 2.46. The molecule has 18 heavy (non-hydrogen) atoms. The molecular formula is C11H15N3O2S2. The molecule has 0 bridgehead atoms. The van der Waals surface area contributed by atoms with Gasteiger partial charge in [-0.25, -0.2) is 8.42 Å². The Morgan fingerprint density at radius 1 is 1.39 bits per heavy atom. The molecule has 0 unspecified atom stereocenters. The molecule has 1 aliphatic rings. The highest BCUT2D eigenvalue weighted by atomic mass is 32.2. The minimum Gasteiger partial charge on any atom is -0.376 e. The maximum atomic E-state index is 11.3. The van der Waals surface area contributed by atoms with Crippen molar-refractivity contribution < 1.29 is 8.42 Å². The second-order valence-electron chi connectivity index (χ2n) is 4.49. The molecule has 5 nitrogen and oxygen atoms in total. The molecule has 1 saturated carbocycles. The highest BCUT2D eigenvalue weighted by molar-refractivity contribution is 7.92. The summed E-state index contributed by atoms with van der Waals surface area (Å²) in [6.45, 7) is 0. The summed E-state index contributed by atoms with van der Waals surface area (Å²) in [4.78, 5) is 0. The van der Waals surface area contributed by atoms with Gasteiger partial charge in [-0.15, -0.1) is 0 Å². The molecule has 1 aliphatic carbocycles. The van der Waals surface area contributed by atoms with Crippen LogP contribution in [-0.4, -0.2) is 19.8 Å². The van der Waals surface area contributed by atoms with E-state index in [2.05, 4.69) is 10.0 Å². The summed E-state index contributed by atoms with van der Waals surface area (Å²) < 4.78 is 25.2. The number of para-hydroxylation sites is 1. The van der Waals surface area contributed by atoms with Gasteiger partial charge in [-0.3, -0.25) is 4.72 Å². The molecule has 2 rings (SSSR count). The van der Waals surface area contributed by atoms with Gasteiger partial charge in [0, 0.05) is 5.56 Å². The van der Waals surface area contributed by atoms with Crippen LogP contribution in [0, 0.1) is 0 Å². The molecule has 0 amide bonds. The molecule has 98 valence electrons. The van der Waals surface area contributed by atoms with E-state index < -0.39 is 10.0 Å². The average Bonchev–Trinajstić information content (AvgIpc) is 2.96. The summed E-state index contributed by atoms with van der Waals surface area (Å²) >= 11 is 4.86. The van der Waals surface area contributed by atoms with Gasteiger partial charge in [-0.05, 0) is 31.1 Å². The first kappa shape index (κ1) is 13.1. The SMILES string of the molecule is CS(=O)(=O)Nc1ccccc1C1(NC(N)=S)CC1. The van der Waals surface area contributed by atoms with Crippen LogP contribution in [0.3, 0.4) is 0 Å². The van der Waals surface area contributed by atoms with Crippen molar-refractivity contribution in [2.24, 2.45) is 5.73 Å². The fourth-order valence-electron chi connectivity index (χ4n) is 2.01. The molecule has 0 saturated heterocycles. The van der Waals surface area contributed by atoms with Gasteiger partial charge in [0.25, 0.3) is 0 Å². The van der Waals surface area contributed by atoms with E-state index in [0.29, 0.717) is 5.69 Å². The van der Waals surface area contributed by atoms with Gasteiger partial charge < -0.3 is 11.1 Å². The van der Waals surface area contributed by atoms with Gasteiger partial charge in [0.2, 0.25) is 10.0 Å². The Labute approximate surface area is 112 Å². The number of rotatable bonds is 4. The predicted octanol–water partition coefficient (Wildman–Crippen LogP) is 0.880. The molecular weight excluding hydrogens is 270 g/mol. The lowest BCUT2D eigenvalue weighted by molar-refractivity contribution is 0.606. The van der Waals surface area contributed by atoms with Crippen molar-refractivity contribution in [2.75, 3.05) is 11.0 Å². The van der Waals surface area contributed by atoms with Crippen LogP contribution in [0.4, 0.5) is 5.69 Å². The Morgan fingerprint density at radius 2 is 2.00 bits per heavy atom. The van der Waals surface area contributed by atoms with Crippen molar-refractivity contribution in [3.8, 4) is 0 Å². The van der Waals surface area contributed by atoms with Crippen molar-refractivity contribution in [3.05, 3.63) is 29.8 Å². The van der Waals surface area contributed by atoms with Crippen molar-refractivity contribution in [1.82, 2.24) is 5.32 Å². The summed E-state index contributed by atoms with van der Waals surface area (Å²) in [5.41, 5.74) is 6.64. The zero-order valence-corrected chi connectivity index (χ0v) is 11.6. The third-order valence-electron chi connectivity index (χ3n) is 2.85. The molecule has 0 aliphatic heterocycles. The molecule has 4 N–H and O–H groups in total. The number of nitrogens with one attached hydrogen (secondary N) is 2. The molecule has 1 aromatic rings. The summed E-state index contributed by atoms with van der Waals surface area (Å²) in [6, 6.07) is 7.27. The third kappa shape index (κ3) is 2.91. The summed E-state index contributed by atoms with van der Waals surface area (Å²) in [5, 5.41) is 3.27. The topological polar surface area (TPSA) is 84.2 Å². The number of thiocarbonyl (C=S) groups is 1. The van der Waals surface area contributed by atoms with Crippen molar-refractivity contribution in [3.63, 3.8) is 0 Å². The Morgan fingerprint density at radius 3 is 2.50 bits per heavy atom. The standard InChI is InChI=1S/C11H15N3O2S2/c1-18(15,16)14-9-5-3-2-4-8(9)11(6-7-11)13-10(12)17/h2-5,14H,6-7H2,1H3,(H3,12,13,17). The quantitative estimate of drug-likeness (QED) is 0.715. The maximum absolute atomic E-state index is 11.3. The lowest BCUT2D eigenvalue weighted by Crippen LogP contribution is -2.39. The molecule has 0 atom stereocenters. The van der Waals surface area contributed by atoms with Crippen molar-refractivity contribution in [2.45, 2.75) is 18.4 Å².